The number of hydrogen-bond donors (Lipinski definition) is 1. The van der Waals surface area contributed by atoms with E-state index in [1.165, 1.54) is 42.0 Å². The molecule has 1 aromatic carbocycles. The lowest BCUT2D eigenvalue weighted by Crippen LogP contribution is -2.69. The SMILES string of the molecule is CCCC[C@H]1N(C(=O)c2ncccc2C(F)(F)F)CCC[C@@]1(Oc1csc(C(F)(F)F)c1)C(=O)N1Cc2ccc(F)cc2C[C@@H]1CCN(C)C(=O)[C@@H](C)O. The van der Waals surface area contributed by atoms with E-state index in [1.807, 2.05) is 6.92 Å². The zero-order valence-electron chi connectivity index (χ0n) is 29.8. The molecule has 4 heterocycles. The second kappa shape index (κ2) is 16.2. The largest absolute Gasteiger partial charge is 0.474 e. The zero-order valence-corrected chi connectivity index (χ0v) is 30.7. The molecule has 2 aliphatic heterocycles. The van der Waals surface area contributed by atoms with E-state index in [0.717, 1.165) is 34.7 Å². The van der Waals surface area contributed by atoms with Gasteiger partial charge >= 0.3 is 12.4 Å². The van der Waals surface area contributed by atoms with Gasteiger partial charge in [-0.25, -0.2) is 4.39 Å². The fourth-order valence-electron chi connectivity index (χ4n) is 7.33. The molecule has 0 saturated carbocycles. The summed E-state index contributed by atoms with van der Waals surface area (Å²) < 4.78 is 105. The van der Waals surface area contributed by atoms with Gasteiger partial charge < -0.3 is 24.5 Å². The quantitative estimate of drug-likeness (QED) is 0.208. The number of rotatable bonds is 11. The summed E-state index contributed by atoms with van der Waals surface area (Å²) in [5.41, 5.74) is -3.08. The lowest BCUT2D eigenvalue weighted by molar-refractivity contribution is -0.163. The Hall–Kier alpha value is -4.25. The number of aliphatic hydroxyl groups excluding tert-OH is 1. The highest BCUT2D eigenvalue weighted by Gasteiger charge is 2.57. The van der Waals surface area contributed by atoms with E-state index in [2.05, 4.69) is 4.98 Å². The standard InChI is InChI=1S/C37H41F7N4O5S/c1-4-5-9-29-35(53-27-19-30(54-21-27)37(42,43)44,13-7-15-47(29)33(51)31-28(36(39,40)41)8-6-14-45-31)34(52)48-20-23-10-11-25(38)17-24(23)18-26(48)12-16-46(3)32(50)22(2)49/h6,8,10-11,14,17,19,21-22,26,29,49H,4-5,7,9,12-13,15-16,18,20H2,1-3H3/t22-,26+,29-,35+/m1/s1. The zero-order chi connectivity index (χ0) is 39.6. The number of piperidine rings is 1. The Bertz CT molecular complexity index is 1830. The molecule has 294 valence electrons. The van der Waals surface area contributed by atoms with Gasteiger partial charge in [0, 0.05) is 56.8 Å². The first-order valence-electron chi connectivity index (χ1n) is 17.6. The summed E-state index contributed by atoms with van der Waals surface area (Å²) in [6.45, 7) is 3.01. The minimum Gasteiger partial charge on any atom is -0.474 e. The van der Waals surface area contributed by atoms with Crippen molar-refractivity contribution in [2.24, 2.45) is 0 Å². The maximum Gasteiger partial charge on any atom is 0.425 e. The number of carbonyl (C=O) groups excluding carboxylic acids is 3. The van der Waals surface area contributed by atoms with Gasteiger partial charge in [-0.1, -0.05) is 25.8 Å². The molecule has 0 aliphatic carbocycles. The molecule has 3 amide bonds. The topological polar surface area (TPSA) is 103 Å². The molecule has 1 fully saturated rings. The maximum absolute atomic E-state index is 15.4. The van der Waals surface area contributed by atoms with Crippen molar-refractivity contribution in [3.8, 4) is 5.75 Å². The minimum atomic E-state index is -4.95. The van der Waals surface area contributed by atoms with Crippen LogP contribution < -0.4 is 4.74 Å². The molecule has 0 radical (unpaired) electrons. The first-order valence-corrected chi connectivity index (χ1v) is 18.4. The number of unbranched alkanes of at least 4 members (excludes halogenated alkanes) is 1. The van der Waals surface area contributed by atoms with Gasteiger partial charge in [0.05, 0.1) is 11.6 Å². The van der Waals surface area contributed by atoms with Gasteiger partial charge in [-0.15, -0.1) is 11.3 Å². The number of aromatic nitrogens is 1. The minimum absolute atomic E-state index is 0.0382. The molecular weight excluding hydrogens is 745 g/mol. The first kappa shape index (κ1) is 40.9. The maximum atomic E-state index is 15.4. The van der Waals surface area contributed by atoms with Crippen LogP contribution in [0.2, 0.25) is 0 Å². The average molecular weight is 787 g/mol. The van der Waals surface area contributed by atoms with E-state index in [0.29, 0.717) is 35.3 Å². The molecule has 1 N–H and O–H groups in total. The van der Waals surface area contributed by atoms with E-state index in [-0.39, 0.29) is 57.5 Å². The summed E-state index contributed by atoms with van der Waals surface area (Å²) in [7, 11) is 1.47. The fourth-order valence-corrected chi connectivity index (χ4v) is 8.00. The number of thiophene rings is 1. The molecule has 5 rings (SSSR count). The molecule has 9 nitrogen and oxygen atoms in total. The van der Waals surface area contributed by atoms with Gasteiger partial charge in [0.25, 0.3) is 17.7 Å². The molecule has 4 atom stereocenters. The van der Waals surface area contributed by atoms with Gasteiger partial charge in [0.1, 0.15) is 28.2 Å². The average Bonchev–Trinajstić information content (AvgIpc) is 3.60. The fraction of sp³-hybridized carbons (Fsp3) is 0.514. The van der Waals surface area contributed by atoms with Gasteiger partial charge in [0.15, 0.2) is 0 Å². The van der Waals surface area contributed by atoms with Crippen LogP contribution in [0.1, 0.15) is 84.4 Å². The van der Waals surface area contributed by atoms with Crippen molar-refractivity contribution < 1.29 is 55.0 Å². The van der Waals surface area contributed by atoms with Gasteiger partial charge in [-0.05, 0) is 68.0 Å². The third-order valence-electron chi connectivity index (χ3n) is 9.98. The number of likely N-dealkylation sites (tertiary alicyclic amines) is 1. The highest BCUT2D eigenvalue weighted by atomic mass is 32.1. The predicted octanol–water partition coefficient (Wildman–Crippen LogP) is 7.12. The van der Waals surface area contributed by atoms with E-state index < -0.39 is 75.8 Å². The van der Waals surface area contributed by atoms with Crippen LogP contribution in [0.5, 0.6) is 5.75 Å². The molecule has 54 heavy (non-hydrogen) atoms. The van der Waals surface area contributed by atoms with Crippen LogP contribution in [0, 0.1) is 5.82 Å². The second-order valence-electron chi connectivity index (χ2n) is 13.7. The smallest absolute Gasteiger partial charge is 0.425 e. The van der Waals surface area contributed by atoms with Gasteiger partial charge in [-0.3, -0.25) is 19.4 Å². The van der Waals surface area contributed by atoms with Crippen molar-refractivity contribution in [2.75, 3.05) is 20.1 Å². The van der Waals surface area contributed by atoms with Gasteiger partial charge in [0.2, 0.25) is 5.60 Å². The number of aliphatic hydroxyl groups is 1. The van der Waals surface area contributed by atoms with E-state index in [1.54, 1.807) is 0 Å². The molecular formula is C37H41F7N4O5S. The van der Waals surface area contributed by atoms with Crippen LogP contribution in [0.15, 0.2) is 48.0 Å². The predicted molar refractivity (Wildman–Crippen MR) is 184 cm³/mol. The molecule has 2 aromatic heterocycles. The number of alkyl halides is 6. The van der Waals surface area contributed by atoms with Crippen molar-refractivity contribution in [1.82, 2.24) is 19.7 Å². The number of benzene rings is 1. The number of nitrogens with zero attached hydrogens (tertiary/aromatic N) is 4. The Balaban J connectivity index is 1.64. The number of ether oxygens (including phenoxy) is 1. The Morgan fingerprint density at radius 1 is 1.07 bits per heavy atom. The molecule has 3 aromatic rings. The van der Waals surface area contributed by atoms with E-state index >= 15 is 4.79 Å². The molecule has 17 heteroatoms. The van der Waals surface area contributed by atoms with E-state index in [9.17, 15) is 45.4 Å². The van der Waals surface area contributed by atoms with Crippen LogP contribution in [-0.4, -0.2) is 86.4 Å². The summed E-state index contributed by atoms with van der Waals surface area (Å²) in [6.07, 6.45) is -8.80. The number of amides is 3. The van der Waals surface area contributed by atoms with Crippen molar-refractivity contribution in [3.05, 3.63) is 81.1 Å². The second-order valence-corrected chi connectivity index (χ2v) is 14.6. The number of pyridine rings is 1. The summed E-state index contributed by atoms with van der Waals surface area (Å²) in [5, 5.41) is 11.0. The molecule has 2 aliphatic rings. The highest BCUT2D eigenvalue weighted by Crippen LogP contribution is 2.44. The van der Waals surface area contributed by atoms with Crippen LogP contribution in [0.3, 0.4) is 0 Å². The Labute approximate surface area is 311 Å². The Morgan fingerprint density at radius 2 is 1.81 bits per heavy atom. The molecule has 0 unspecified atom stereocenters. The number of halogens is 7. The lowest BCUT2D eigenvalue weighted by atomic mass is 9.78. The van der Waals surface area contributed by atoms with Crippen molar-refractivity contribution >= 4 is 29.1 Å². The summed E-state index contributed by atoms with van der Waals surface area (Å²) in [4.78, 5) is 48.8. The van der Waals surface area contributed by atoms with E-state index in [4.69, 9.17) is 4.74 Å². The number of carbonyl (C=O) groups is 3. The number of likely N-dealkylation sites (N-methyl/N-ethyl adjacent to an activating group) is 1. The normalized spacial score (nSPS) is 21.0. The Kier molecular flexibility index (Phi) is 12.3. The Morgan fingerprint density at radius 3 is 2.46 bits per heavy atom. The van der Waals surface area contributed by atoms with Crippen molar-refractivity contribution in [3.63, 3.8) is 0 Å². The number of hydrogen-bond acceptors (Lipinski definition) is 7. The monoisotopic (exact) mass is 786 g/mol. The van der Waals surface area contributed by atoms with Crippen molar-refractivity contribution in [2.45, 2.75) is 101 Å². The molecule has 0 spiro atoms. The van der Waals surface area contributed by atoms with Crippen LogP contribution in [0.4, 0.5) is 30.7 Å². The molecule has 0 bridgehead atoms. The number of fused-ring (bicyclic) bond motifs is 1. The summed E-state index contributed by atoms with van der Waals surface area (Å²) >= 11 is 0.344. The van der Waals surface area contributed by atoms with Crippen LogP contribution in [0.25, 0.3) is 0 Å². The summed E-state index contributed by atoms with van der Waals surface area (Å²) in [5.74, 6) is -3.23. The van der Waals surface area contributed by atoms with Gasteiger partial charge in [-0.2, -0.15) is 26.3 Å². The van der Waals surface area contributed by atoms with Crippen LogP contribution in [-0.2, 0) is 34.9 Å². The third-order valence-corrected chi connectivity index (χ3v) is 10.9. The lowest BCUT2D eigenvalue weighted by Gasteiger charge is -2.51. The summed E-state index contributed by atoms with van der Waals surface area (Å²) in [6, 6.07) is 4.61. The first-order chi connectivity index (χ1) is 25.4. The van der Waals surface area contributed by atoms with Crippen molar-refractivity contribution in [1.29, 1.82) is 0 Å². The van der Waals surface area contributed by atoms with Crippen LogP contribution >= 0.6 is 11.3 Å². The molecule has 1 saturated heterocycles. The highest BCUT2D eigenvalue weighted by molar-refractivity contribution is 7.10. The third kappa shape index (κ3) is 8.66.